The van der Waals surface area contributed by atoms with Crippen LogP contribution in [0.1, 0.15) is 8.42 Å². The molecule has 0 fully saturated rings. The van der Waals surface area contributed by atoms with E-state index in [1.54, 1.807) is 42.1 Å². The molecule has 6 heteroatoms. The predicted molar refractivity (Wildman–Crippen MR) is 86.7 cm³/mol. The van der Waals surface area contributed by atoms with Crippen LogP contribution in [0.3, 0.4) is 0 Å². The van der Waals surface area contributed by atoms with Crippen LogP contribution in [0.4, 0.5) is 8.78 Å². The number of benzene rings is 2. The van der Waals surface area contributed by atoms with Crippen molar-refractivity contribution in [1.29, 1.82) is 5.26 Å². The summed E-state index contributed by atoms with van der Waals surface area (Å²) in [5, 5.41) is 13.2. The molecule has 3 aromatic rings. The molecule has 0 spiro atoms. The van der Waals surface area contributed by atoms with E-state index in [2.05, 4.69) is 11.2 Å². The van der Waals surface area contributed by atoms with Crippen molar-refractivity contribution in [2.45, 2.75) is 0 Å². The maximum absolute atomic E-state index is 13.9. The molecule has 1 heterocycles. The van der Waals surface area contributed by atoms with Gasteiger partial charge >= 0.3 is 37.7 Å². The molecule has 112 valence electrons. The predicted octanol–water partition coefficient (Wildman–Crippen LogP) is 3.75. The maximum atomic E-state index is 13.9. The topological polar surface area (TPSA) is 41.6 Å². The van der Waals surface area contributed by atoms with Crippen LogP contribution in [0, 0.1) is 23.0 Å². The van der Waals surface area contributed by atoms with E-state index in [1.807, 2.05) is 0 Å². The van der Waals surface area contributed by atoms with Crippen molar-refractivity contribution in [3.63, 3.8) is 0 Å². The number of hydrogen-bond acceptors (Lipinski definition) is 2. The van der Waals surface area contributed by atoms with Crippen molar-refractivity contribution in [1.82, 2.24) is 9.78 Å². The van der Waals surface area contributed by atoms with Gasteiger partial charge in [0.1, 0.15) is 11.6 Å². The van der Waals surface area contributed by atoms with E-state index in [-0.39, 0.29) is 46.2 Å². The number of nitriles is 1. The van der Waals surface area contributed by atoms with E-state index >= 15 is 0 Å². The molecule has 0 aliphatic rings. The van der Waals surface area contributed by atoms with Crippen LogP contribution in [-0.4, -0.2) is 47.5 Å². The van der Waals surface area contributed by atoms with Crippen LogP contribution >= 0.6 is 0 Å². The Bertz CT molecular complexity index is 890. The molecule has 0 saturated heterocycles. The minimum atomic E-state index is -0.630. The van der Waals surface area contributed by atoms with Crippen LogP contribution in [-0.2, 0) is 7.05 Å². The van der Waals surface area contributed by atoms with Crippen LogP contribution in [0.15, 0.2) is 48.5 Å². The Morgan fingerprint density at radius 3 is 2.39 bits per heavy atom. The summed E-state index contributed by atoms with van der Waals surface area (Å²) in [5.74, 6) is -1.25. The SMILES string of the molecule is Cn1nc(-c2ccc(C#N)cc2)cc1-c1ccc(F)cc1F.[Ca+2].[H-].[H-]. The van der Waals surface area contributed by atoms with Gasteiger partial charge < -0.3 is 2.85 Å². The zero-order valence-corrected chi connectivity index (χ0v) is 14.6. The molecule has 0 amide bonds. The fraction of sp³-hybridized carbons (Fsp3) is 0.0588. The maximum Gasteiger partial charge on any atom is 2.00 e. The van der Waals surface area contributed by atoms with Crippen LogP contribution in [0.2, 0.25) is 0 Å². The Morgan fingerprint density at radius 2 is 1.78 bits per heavy atom. The van der Waals surface area contributed by atoms with Crippen LogP contribution in [0.25, 0.3) is 22.5 Å². The molecule has 0 aliphatic heterocycles. The van der Waals surface area contributed by atoms with Gasteiger partial charge in [-0.3, -0.25) is 4.68 Å². The molecular weight excluding hydrogens is 324 g/mol. The Balaban J connectivity index is 0.00000192. The van der Waals surface area contributed by atoms with Gasteiger partial charge in [-0.25, -0.2) is 8.78 Å². The molecule has 3 nitrogen and oxygen atoms in total. The molecule has 23 heavy (non-hydrogen) atoms. The van der Waals surface area contributed by atoms with Crippen LogP contribution in [0.5, 0.6) is 0 Å². The zero-order chi connectivity index (χ0) is 15.7. The van der Waals surface area contributed by atoms with Crippen molar-refractivity contribution in [3.05, 3.63) is 65.7 Å². The molecule has 0 radical (unpaired) electrons. The van der Waals surface area contributed by atoms with Gasteiger partial charge in [-0.2, -0.15) is 10.4 Å². The standard InChI is InChI=1S/C17H11F2N3.Ca.2H/c1-22-17(14-7-6-13(18)8-15(14)19)9-16(21-22)12-4-2-11(10-20)3-5-12;;;/h2-9H,1H3;;;/q;+2;2*-1. The number of aryl methyl sites for hydroxylation is 1. The van der Waals surface area contributed by atoms with Crippen LogP contribution < -0.4 is 0 Å². The van der Waals surface area contributed by atoms with Crippen molar-refractivity contribution in [2.75, 3.05) is 0 Å². The van der Waals surface area contributed by atoms with E-state index in [0.29, 0.717) is 17.0 Å². The second kappa shape index (κ2) is 7.22. The number of aromatic nitrogens is 2. The van der Waals surface area contributed by atoms with Crippen molar-refractivity contribution < 1.29 is 11.6 Å². The molecule has 0 aliphatic carbocycles. The normalized spacial score (nSPS) is 10.0. The third-order valence-electron chi connectivity index (χ3n) is 3.40. The summed E-state index contributed by atoms with van der Waals surface area (Å²) >= 11 is 0. The second-order valence-electron chi connectivity index (χ2n) is 4.85. The van der Waals surface area contributed by atoms with E-state index in [0.717, 1.165) is 11.6 Å². The molecule has 0 N–H and O–H groups in total. The number of halogens is 2. The monoisotopic (exact) mass is 337 g/mol. The van der Waals surface area contributed by atoms with Gasteiger partial charge in [0, 0.05) is 24.2 Å². The smallest absolute Gasteiger partial charge is 1.00 e. The fourth-order valence-electron chi connectivity index (χ4n) is 2.27. The first-order valence-corrected chi connectivity index (χ1v) is 6.58. The molecule has 1 aromatic heterocycles. The minimum Gasteiger partial charge on any atom is -1.00 e. The van der Waals surface area contributed by atoms with Crippen molar-refractivity contribution in [3.8, 4) is 28.6 Å². The Kier molecular flexibility index (Phi) is 5.53. The Morgan fingerprint density at radius 1 is 1.09 bits per heavy atom. The summed E-state index contributed by atoms with van der Waals surface area (Å²) in [6.45, 7) is 0. The van der Waals surface area contributed by atoms with Gasteiger partial charge in [0.15, 0.2) is 0 Å². The second-order valence-corrected chi connectivity index (χ2v) is 4.85. The number of rotatable bonds is 2. The largest absolute Gasteiger partial charge is 2.00 e. The third-order valence-corrected chi connectivity index (χ3v) is 3.40. The van der Waals surface area contributed by atoms with E-state index in [4.69, 9.17) is 5.26 Å². The van der Waals surface area contributed by atoms with Gasteiger partial charge in [0.2, 0.25) is 0 Å². The minimum absolute atomic E-state index is 0. The molecule has 0 atom stereocenters. The quantitative estimate of drug-likeness (QED) is 0.668. The van der Waals surface area contributed by atoms with Crippen molar-refractivity contribution >= 4 is 37.7 Å². The van der Waals surface area contributed by atoms with Gasteiger partial charge in [-0.1, -0.05) is 12.1 Å². The van der Waals surface area contributed by atoms with Crippen molar-refractivity contribution in [2.24, 2.45) is 7.05 Å². The molecular formula is C17H13CaF2N3. The summed E-state index contributed by atoms with van der Waals surface area (Å²) in [7, 11) is 1.70. The summed E-state index contributed by atoms with van der Waals surface area (Å²) in [4.78, 5) is 0. The molecule has 0 saturated carbocycles. The van der Waals surface area contributed by atoms with Gasteiger partial charge in [0.05, 0.1) is 23.0 Å². The summed E-state index contributed by atoms with van der Waals surface area (Å²) < 4.78 is 28.5. The first kappa shape index (κ1) is 17.6. The molecule has 0 bridgehead atoms. The summed E-state index contributed by atoms with van der Waals surface area (Å²) in [6, 6.07) is 14.2. The van der Waals surface area contributed by atoms with Gasteiger partial charge in [0.25, 0.3) is 0 Å². The fourth-order valence-corrected chi connectivity index (χ4v) is 2.27. The summed E-state index contributed by atoms with van der Waals surface area (Å²) in [6.07, 6.45) is 0. The first-order chi connectivity index (χ1) is 10.6. The first-order valence-electron chi connectivity index (χ1n) is 6.58. The van der Waals surface area contributed by atoms with Gasteiger partial charge in [-0.15, -0.1) is 0 Å². The van der Waals surface area contributed by atoms with Gasteiger partial charge in [-0.05, 0) is 30.3 Å². The van der Waals surface area contributed by atoms with E-state index < -0.39 is 11.6 Å². The average Bonchev–Trinajstić information content (AvgIpc) is 2.89. The Hall–Kier alpha value is -1.74. The summed E-state index contributed by atoms with van der Waals surface area (Å²) in [5.41, 5.74) is 2.88. The zero-order valence-electron chi connectivity index (χ0n) is 14.4. The third kappa shape index (κ3) is 3.61. The average molecular weight is 337 g/mol. The molecule has 0 unspecified atom stereocenters. The molecule has 3 rings (SSSR count). The number of nitrogens with zero attached hydrogens (tertiary/aromatic N) is 3. The number of hydrogen-bond donors (Lipinski definition) is 0. The van der Waals surface area contributed by atoms with E-state index in [1.165, 1.54) is 12.1 Å². The van der Waals surface area contributed by atoms with E-state index in [9.17, 15) is 8.78 Å². The Labute approximate surface area is 165 Å². The molecule has 2 aromatic carbocycles.